The maximum Gasteiger partial charge on any atom is 0.342 e. The van der Waals surface area contributed by atoms with Crippen LogP contribution in [0.1, 0.15) is 13.8 Å². The van der Waals surface area contributed by atoms with Crippen LogP contribution in [-0.4, -0.2) is 41.4 Å². The molecule has 0 saturated heterocycles. The Morgan fingerprint density at radius 2 is 1.83 bits per heavy atom. The highest BCUT2D eigenvalue weighted by Gasteiger charge is 2.24. The number of carboxylic acid groups (broad SMARTS) is 1. The van der Waals surface area contributed by atoms with Crippen molar-refractivity contribution in [3.05, 3.63) is 41.6 Å². The number of rotatable bonds is 6. The van der Waals surface area contributed by atoms with Crippen molar-refractivity contribution in [2.75, 3.05) is 11.9 Å². The highest BCUT2D eigenvalue weighted by Crippen LogP contribution is 2.19. The van der Waals surface area contributed by atoms with E-state index in [2.05, 4.69) is 0 Å². The number of carboxylic acids is 1. The molecule has 0 aliphatic rings. The molecule has 0 aromatic heterocycles. The molecule has 23 heavy (non-hydrogen) atoms. The monoisotopic (exact) mass is 326 g/mol. The van der Waals surface area contributed by atoms with E-state index in [0.29, 0.717) is 6.41 Å². The third-order valence-corrected chi connectivity index (χ3v) is 3.05. The molecule has 0 spiro atoms. The SMILES string of the molecule is CC(C)N(C=O)/C=C(/C(=O)O)C(=O)N(C)c1ccc(F)c(F)c1. The molecule has 0 atom stereocenters. The average Bonchev–Trinajstić information content (AvgIpc) is 2.49. The normalized spacial score (nSPS) is 11.3. The number of anilines is 1. The fraction of sp³-hybridized carbons (Fsp3) is 0.267. The van der Waals surface area contributed by atoms with Gasteiger partial charge in [0.2, 0.25) is 6.41 Å². The van der Waals surface area contributed by atoms with Crippen LogP contribution in [-0.2, 0) is 14.4 Å². The molecule has 0 heterocycles. The molecule has 2 amide bonds. The number of benzene rings is 1. The van der Waals surface area contributed by atoms with Gasteiger partial charge in [0.05, 0.1) is 0 Å². The average molecular weight is 326 g/mol. The van der Waals surface area contributed by atoms with E-state index in [1.54, 1.807) is 13.8 Å². The van der Waals surface area contributed by atoms with Crippen LogP contribution >= 0.6 is 0 Å². The molecule has 1 aromatic carbocycles. The molecule has 1 aromatic rings. The summed E-state index contributed by atoms with van der Waals surface area (Å²) >= 11 is 0. The van der Waals surface area contributed by atoms with Crippen LogP contribution in [0.25, 0.3) is 0 Å². The van der Waals surface area contributed by atoms with Crippen LogP contribution in [0.15, 0.2) is 30.0 Å². The Balaban J connectivity index is 3.19. The van der Waals surface area contributed by atoms with Crippen LogP contribution in [0.5, 0.6) is 0 Å². The van der Waals surface area contributed by atoms with E-state index >= 15 is 0 Å². The Kier molecular flexibility index (Phi) is 5.94. The van der Waals surface area contributed by atoms with Gasteiger partial charge >= 0.3 is 5.97 Å². The van der Waals surface area contributed by atoms with E-state index in [0.717, 1.165) is 34.2 Å². The zero-order valence-electron chi connectivity index (χ0n) is 12.8. The maximum atomic E-state index is 13.2. The quantitative estimate of drug-likeness (QED) is 0.374. The van der Waals surface area contributed by atoms with Gasteiger partial charge < -0.3 is 14.9 Å². The standard InChI is InChI=1S/C15H16F2N2O4/c1-9(2)19(8-20)7-11(15(22)23)14(21)18(3)10-4-5-12(16)13(17)6-10/h4-9H,1-3H3,(H,22,23)/b11-7+. The molecular weight excluding hydrogens is 310 g/mol. The summed E-state index contributed by atoms with van der Waals surface area (Å²) in [5.41, 5.74) is -0.707. The lowest BCUT2D eigenvalue weighted by Gasteiger charge is -2.21. The van der Waals surface area contributed by atoms with Crippen LogP contribution in [0, 0.1) is 11.6 Å². The summed E-state index contributed by atoms with van der Waals surface area (Å²) in [6.45, 7) is 3.27. The molecule has 0 saturated carbocycles. The summed E-state index contributed by atoms with van der Waals surface area (Å²) in [6.07, 6.45) is 1.29. The molecular formula is C15H16F2N2O4. The Hall–Kier alpha value is -2.77. The third kappa shape index (κ3) is 4.35. The minimum absolute atomic E-state index is 0.0248. The number of carbonyl (C=O) groups excluding carboxylic acids is 2. The first-order valence-corrected chi connectivity index (χ1v) is 6.60. The predicted molar refractivity (Wildman–Crippen MR) is 78.5 cm³/mol. The third-order valence-electron chi connectivity index (χ3n) is 3.05. The van der Waals surface area contributed by atoms with Gasteiger partial charge in [0.25, 0.3) is 5.91 Å². The number of nitrogens with zero attached hydrogens (tertiary/aromatic N) is 2. The van der Waals surface area contributed by atoms with Crippen molar-refractivity contribution in [2.24, 2.45) is 0 Å². The van der Waals surface area contributed by atoms with E-state index in [9.17, 15) is 28.3 Å². The number of likely N-dealkylation sites (N-methyl/N-ethyl adjacent to an activating group) is 1. The minimum Gasteiger partial charge on any atom is -0.477 e. The van der Waals surface area contributed by atoms with Crippen molar-refractivity contribution < 1.29 is 28.3 Å². The van der Waals surface area contributed by atoms with Crippen molar-refractivity contribution >= 4 is 24.0 Å². The van der Waals surface area contributed by atoms with E-state index in [-0.39, 0.29) is 11.7 Å². The lowest BCUT2D eigenvalue weighted by molar-refractivity contribution is -0.134. The number of hydrogen-bond donors (Lipinski definition) is 1. The molecule has 6 nitrogen and oxygen atoms in total. The summed E-state index contributed by atoms with van der Waals surface area (Å²) in [5.74, 6) is -4.77. The highest BCUT2D eigenvalue weighted by atomic mass is 19.2. The second-order valence-corrected chi connectivity index (χ2v) is 4.96. The first kappa shape index (κ1) is 18.3. The number of hydrogen-bond acceptors (Lipinski definition) is 3. The fourth-order valence-corrected chi connectivity index (χ4v) is 1.64. The molecule has 0 aliphatic carbocycles. The lowest BCUT2D eigenvalue weighted by atomic mass is 10.2. The maximum absolute atomic E-state index is 13.2. The predicted octanol–water partition coefficient (Wildman–Crippen LogP) is 1.76. The molecule has 0 aliphatic heterocycles. The number of aliphatic carboxylic acids is 1. The summed E-state index contributed by atoms with van der Waals surface area (Å²) in [5, 5.41) is 9.17. The lowest BCUT2D eigenvalue weighted by Crippen LogP contribution is -2.33. The van der Waals surface area contributed by atoms with E-state index in [1.807, 2.05) is 0 Å². The van der Waals surface area contributed by atoms with Crippen LogP contribution in [0.4, 0.5) is 14.5 Å². The number of amides is 2. The second-order valence-electron chi connectivity index (χ2n) is 4.96. The molecule has 0 fully saturated rings. The minimum atomic E-state index is -1.54. The van der Waals surface area contributed by atoms with Gasteiger partial charge in [0.1, 0.15) is 5.57 Å². The summed E-state index contributed by atoms with van der Waals surface area (Å²) in [7, 11) is 1.21. The first-order valence-electron chi connectivity index (χ1n) is 6.60. The highest BCUT2D eigenvalue weighted by molar-refractivity contribution is 6.21. The largest absolute Gasteiger partial charge is 0.477 e. The zero-order chi connectivity index (χ0) is 17.7. The van der Waals surface area contributed by atoms with Crippen molar-refractivity contribution in [2.45, 2.75) is 19.9 Å². The molecule has 8 heteroatoms. The van der Waals surface area contributed by atoms with Crippen LogP contribution in [0.2, 0.25) is 0 Å². The molecule has 124 valence electrons. The van der Waals surface area contributed by atoms with Crippen molar-refractivity contribution in [1.29, 1.82) is 0 Å². The van der Waals surface area contributed by atoms with Crippen LogP contribution in [0.3, 0.4) is 0 Å². The van der Waals surface area contributed by atoms with Gasteiger partial charge in [-0.2, -0.15) is 0 Å². The van der Waals surface area contributed by atoms with E-state index < -0.39 is 29.1 Å². The molecule has 1 N–H and O–H groups in total. The van der Waals surface area contributed by atoms with Crippen LogP contribution < -0.4 is 4.90 Å². The van der Waals surface area contributed by atoms with E-state index in [1.165, 1.54) is 7.05 Å². The molecule has 1 rings (SSSR count). The topological polar surface area (TPSA) is 77.9 Å². The van der Waals surface area contributed by atoms with E-state index in [4.69, 9.17) is 0 Å². The van der Waals surface area contributed by atoms with Gasteiger partial charge in [-0.3, -0.25) is 9.59 Å². The van der Waals surface area contributed by atoms with Crippen molar-refractivity contribution in [3.8, 4) is 0 Å². The second kappa shape index (κ2) is 7.48. The van der Waals surface area contributed by atoms with Gasteiger partial charge in [-0.1, -0.05) is 0 Å². The van der Waals surface area contributed by atoms with Crippen molar-refractivity contribution in [1.82, 2.24) is 4.90 Å². The first-order chi connectivity index (χ1) is 10.7. The van der Waals surface area contributed by atoms with Gasteiger partial charge in [-0.05, 0) is 26.0 Å². The summed E-state index contributed by atoms with van der Waals surface area (Å²) < 4.78 is 26.2. The Morgan fingerprint density at radius 1 is 1.22 bits per heavy atom. The van der Waals surface area contributed by atoms with Gasteiger partial charge in [0, 0.05) is 31.0 Å². The Bertz CT molecular complexity index is 659. The Morgan fingerprint density at radius 3 is 2.26 bits per heavy atom. The Labute approximate surface area is 131 Å². The number of halogens is 2. The van der Waals surface area contributed by atoms with Gasteiger partial charge in [-0.15, -0.1) is 0 Å². The van der Waals surface area contributed by atoms with Crippen molar-refractivity contribution in [3.63, 3.8) is 0 Å². The fourth-order valence-electron chi connectivity index (χ4n) is 1.64. The summed E-state index contributed by atoms with van der Waals surface area (Å²) in [4.78, 5) is 36.3. The molecule has 0 radical (unpaired) electrons. The smallest absolute Gasteiger partial charge is 0.342 e. The van der Waals surface area contributed by atoms with Gasteiger partial charge in [0.15, 0.2) is 11.6 Å². The number of carbonyl (C=O) groups is 3. The molecule has 0 bridgehead atoms. The molecule has 0 unspecified atom stereocenters. The zero-order valence-corrected chi connectivity index (χ0v) is 12.8. The van der Waals surface area contributed by atoms with Gasteiger partial charge in [-0.25, -0.2) is 13.6 Å². The summed E-state index contributed by atoms with van der Waals surface area (Å²) in [6, 6.07) is 2.37.